The molecule has 0 heterocycles. The first-order valence-electron chi connectivity index (χ1n) is 11.1. The van der Waals surface area contributed by atoms with Gasteiger partial charge < -0.3 is 19.9 Å². The van der Waals surface area contributed by atoms with Crippen LogP contribution < -0.4 is 10.6 Å². The number of ether oxygens (including phenoxy) is 2. The molecule has 35 heavy (non-hydrogen) atoms. The van der Waals surface area contributed by atoms with E-state index in [1.165, 1.54) is 13.2 Å². The second kappa shape index (κ2) is 10.4. The Balaban J connectivity index is 1.43. The fourth-order valence-corrected chi connectivity index (χ4v) is 4.23. The first-order valence-corrected chi connectivity index (χ1v) is 11.1. The number of aryl methyl sites for hydroxylation is 1. The zero-order chi connectivity index (χ0) is 24.9. The third-order valence-electron chi connectivity index (χ3n) is 6.02. The molecule has 0 saturated heterocycles. The lowest BCUT2D eigenvalue weighted by Gasteiger charge is -2.16. The highest BCUT2D eigenvalue weighted by atomic mass is 16.5. The molecule has 2 amide bonds. The summed E-state index contributed by atoms with van der Waals surface area (Å²) in [5.41, 5.74) is 5.82. The fraction of sp³-hybridized carbons (Fsp3) is 0.222. The number of fused-ring (bicyclic) bond motifs is 3. The van der Waals surface area contributed by atoms with E-state index in [-0.39, 0.29) is 24.7 Å². The molecule has 0 saturated carbocycles. The van der Waals surface area contributed by atoms with Crippen molar-refractivity contribution in [2.75, 3.05) is 25.6 Å². The maximum atomic E-state index is 12.7. The highest BCUT2D eigenvalue weighted by molar-refractivity contribution is 5.98. The molecule has 1 aliphatic carbocycles. The summed E-state index contributed by atoms with van der Waals surface area (Å²) in [5, 5.41) is 14.3. The van der Waals surface area contributed by atoms with E-state index in [1.807, 2.05) is 36.4 Å². The van der Waals surface area contributed by atoms with Gasteiger partial charge in [0, 0.05) is 24.3 Å². The number of hydrogen-bond acceptors (Lipinski definition) is 5. The highest BCUT2D eigenvalue weighted by Crippen LogP contribution is 2.44. The van der Waals surface area contributed by atoms with Crippen LogP contribution in [0.15, 0.2) is 66.7 Å². The number of methoxy groups -OCH3 is 1. The van der Waals surface area contributed by atoms with Crippen molar-refractivity contribution in [1.82, 2.24) is 5.32 Å². The number of nitrogens with one attached hydrogen (secondary N) is 2. The summed E-state index contributed by atoms with van der Waals surface area (Å²) in [4.78, 5) is 36.5. The Kier molecular flexibility index (Phi) is 7.12. The Labute approximate surface area is 202 Å². The normalized spacial score (nSPS) is 12.9. The summed E-state index contributed by atoms with van der Waals surface area (Å²) < 4.78 is 10.4. The topological polar surface area (TPSA) is 114 Å². The molecular formula is C27H26N2O6. The predicted octanol–water partition coefficient (Wildman–Crippen LogP) is 4.19. The second-order valence-electron chi connectivity index (χ2n) is 8.30. The van der Waals surface area contributed by atoms with Gasteiger partial charge in [-0.2, -0.15) is 0 Å². The minimum absolute atomic E-state index is 0.0694. The van der Waals surface area contributed by atoms with Crippen LogP contribution in [-0.4, -0.2) is 49.4 Å². The molecule has 0 spiro atoms. The summed E-state index contributed by atoms with van der Waals surface area (Å²) in [6.45, 7) is 1.78. The van der Waals surface area contributed by atoms with Gasteiger partial charge in [0.2, 0.25) is 0 Å². The van der Waals surface area contributed by atoms with Gasteiger partial charge in [-0.1, -0.05) is 54.6 Å². The quantitative estimate of drug-likeness (QED) is 0.451. The molecule has 3 aromatic rings. The molecule has 4 rings (SSSR count). The van der Waals surface area contributed by atoms with E-state index in [2.05, 4.69) is 22.8 Å². The lowest BCUT2D eigenvalue weighted by atomic mass is 9.98. The van der Waals surface area contributed by atoms with Gasteiger partial charge >= 0.3 is 12.1 Å². The fourth-order valence-electron chi connectivity index (χ4n) is 4.23. The van der Waals surface area contributed by atoms with Crippen molar-refractivity contribution in [2.24, 2.45) is 0 Å². The lowest BCUT2D eigenvalue weighted by molar-refractivity contribution is -0.140. The van der Waals surface area contributed by atoms with Crippen LogP contribution in [0.2, 0.25) is 0 Å². The van der Waals surface area contributed by atoms with Gasteiger partial charge in [0.25, 0.3) is 5.91 Å². The summed E-state index contributed by atoms with van der Waals surface area (Å²) in [6, 6.07) is 19.7. The summed E-state index contributed by atoms with van der Waals surface area (Å²) in [5.74, 6) is -1.87. The minimum Gasteiger partial charge on any atom is -0.480 e. The molecule has 0 fully saturated rings. The molecule has 0 unspecified atom stereocenters. The number of carbonyl (C=O) groups is 3. The maximum Gasteiger partial charge on any atom is 0.411 e. The number of amides is 2. The van der Waals surface area contributed by atoms with Crippen molar-refractivity contribution < 1.29 is 29.0 Å². The van der Waals surface area contributed by atoms with Crippen LogP contribution in [0.1, 0.15) is 33.0 Å². The molecule has 1 atom stereocenters. The van der Waals surface area contributed by atoms with Crippen LogP contribution in [0.4, 0.5) is 10.5 Å². The Morgan fingerprint density at radius 1 is 0.971 bits per heavy atom. The van der Waals surface area contributed by atoms with Crippen LogP contribution in [-0.2, 0) is 14.3 Å². The molecule has 8 heteroatoms. The SMILES string of the molecule is COC[C@H](NC(=O)c1ccc(C)c(NC(=O)OCC2c3ccccc3-c3ccccc32)c1)C(=O)O. The van der Waals surface area contributed by atoms with E-state index < -0.39 is 24.0 Å². The van der Waals surface area contributed by atoms with Crippen molar-refractivity contribution in [1.29, 1.82) is 0 Å². The van der Waals surface area contributed by atoms with Crippen LogP contribution in [0.3, 0.4) is 0 Å². The zero-order valence-corrected chi connectivity index (χ0v) is 19.4. The average molecular weight is 475 g/mol. The van der Waals surface area contributed by atoms with Crippen LogP contribution in [0.5, 0.6) is 0 Å². The number of carbonyl (C=O) groups excluding carboxylic acids is 2. The van der Waals surface area contributed by atoms with Gasteiger partial charge in [-0.25, -0.2) is 9.59 Å². The third kappa shape index (κ3) is 5.17. The molecule has 1 aliphatic rings. The van der Waals surface area contributed by atoms with E-state index in [4.69, 9.17) is 9.47 Å². The highest BCUT2D eigenvalue weighted by Gasteiger charge is 2.29. The Morgan fingerprint density at radius 3 is 2.20 bits per heavy atom. The van der Waals surface area contributed by atoms with E-state index in [1.54, 1.807) is 19.1 Å². The number of anilines is 1. The van der Waals surface area contributed by atoms with Crippen molar-refractivity contribution in [3.05, 3.63) is 89.0 Å². The first-order chi connectivity index (χ1) is 16.9. The number of hydrogen-bond donors (Lipinski definition) is 3. The third-order valence-corrected chi connectivity index (χ3v) is 6.02. The molecule has 0 aliphatic heterocycles. The monoisotopic (exact) mass is 474 g/mol. The van der Waals surface area contributed by atoms with E-state index >= 15 is 0 Å². The largest absolute Gasteiger partial charge is 0.480 e. The van der Waals surface area contributed by atoms with E-state index in [0.29, 0.717) is 5.69 Å². The van der Waals surface area contributed by atoms with Crippen LogP contribution in [0.25, 0.3) is 11.1 Å². The Morgan fingerprint density at radius 2 is 1.60 bits per heavy atom. The van der Waals surface area contributed by atoms with E-state index in [0.717, 1.165) is 27.8 Å². The second-order valence-corrected chi connectivity index (χ2v) is 8.30. The Hall–Kier alpha value is -4.17. The number of rotatable bonds is 8. The molecule has 3 aromatic carbocycles. The molecular weight excluding hydrogens is 448 g/mol. The zero-order valence-electron chi connectivity index (χ0n) is 19.4. The summed E-state index contributed by atoms with van der Waals surface area (Å²) >= 11 is 0. The van der Waals surface area contributed by atoms with Gasteiger partial charge in [0.05, 0.1) is 6.61 Å². The summed E-state index contributed by atoms with van der Waals surface area (Å²) in [7, 11) is 1.35. The first kappa shape index (κ1) is 24.0. The minimum atomic E-state index is -1.20. The van der Waals surface area contributed by atoms with E-state index in [9.17, 15) is 19.5 Å². The maximum absolute atomic E-state index is 12.7. The molecule has 3 N–H and O–H groups in total. The average Bonchev–Trinajstić information content (AvgIpc) is 3.17. The number of carboxylic acids is 1. The molecule has 180 valence electrons. The summed E-state index contributed by atoms with van der Waals surface area (Å²) in [6.07, 6.45) is -0.643. The predicted molar refractivity (Wildman–Crippen MR) is 131 cm³/mol. The lowest BCUT2D eigenvalue weighted by Crippen LogP contribution is -2.43. The van der Waals surface area contributed by atoms with Crippen molar-refractivity contribution >= 4 is 23.7 Å². The number of aliphatic carboxylic acids is 1. The standard InChI is InChI=1S/C27H26N2O6/c1-16-11-12-17(25(30)28-24(15-34-2)26(31)32)13-23(16)29-27(33)35-14-22-20-9-5-3-7-18(20)19-8-4-6-10-21(19)22/h3-13,22,24H,14-15H2,1-2H3,(H,28,30)(H,29,33)(H,31,32)/t24-/m0/s1. The molecule has 8 nitrogen and oxygen atoms in total. The number of carboxylic acid groups (broad SMARTS) is 1. The van der Waals surface area contributed by atoms with Crippen LogP contribution in [0, 0.1) is 6.92 Å². The van der Waals surface area contributed by atoms with Crippen LogP contribution >= 0.6 is 0 Å². The smallest absolute Gasteiger partial charge is 0.411 e. The Bertz CT molecular complexity index is 1230. The van der Waals surface area contributed by atoms with Gasteiger partial charge in [-0.15, -0.1) is 0 Å². The van der Waals surface area contributed by atoms with Gasteiger partial charge in [-0.3, -0.25) is 10.1 Å². The van der Waals surface area contributed by atoms with Gasteiger partial charge in [0.1, 0.15) is 6.61 Å². The molecule has 0 bridgehead atoms. The van der Waals surface area contributed by atoms with Crippen molar-refractivity contribution in [2.45, 2.75) is 18.9 Å². The van der Waals surface area contributed by atoms with Crippen molar-refractivity contribution in [3.8, 4) is 11.1 Å². The van der Waals surface area contributed by atoms with Gasteiger partial charge in [-0.05, 0) is 46.9 Å². The van der Waals surface area contributed by atoms with Gasteiger partial charge in [0.15, 0.2) is 6.04 Å². The molecule has 0 radical (unpaired) electrons. The number of benzene rings is 3. The molecule has 0 aromatic heterocycles. The van der Waals surface area contributed by atoms with Crippen molar-refractivity contribution in [3.63, 3.8) is 0 Å².